The number of carbonyl (C=O) groups excluding carboxylic acids is 1. The topological polar surface area (TPSA) is 96.7 Å². The van der Waals surface area contributed by atoms with Gasteiger partial charge in [0.25, 0.3) is 5.91 Å². The van der Waals surface area contributed by atoms with E-state index in [1.165, 1.54) is 0 Å². The zero-order chi connectivity index (χ0) is 13.8. The number of hydrogen-bond donors (Lipinski definition) is 2. The third kappa shape index (κ3) is 3.04. The molecule has 0 spiro atoms. The van der Waals surface area contributed by atoms with Gasteiger partial charge < -0.3 is 20.4 Å². The van der Waals surface area contributed by atoms with E-state index in [0.29, 0.717) is 5.69 Å². The summed E-state index contributed by atoms with van der Waals surface area (Å²) in [5.41, 5.74) is 5.93. The van der Waals surface area contributed by atoms with Crippen LogP contribution >= 0.6 is 0 Å². The maximum atomic E-state index is 12.5. The molecule has 1 aromatic rings. The lowest BCUT2D eigenvalue weighted by Gasteiger charge is -2.27. The second-order valence-corrected chi connectivity index (χ2v) is 4.89. The van der Waals surface area contributed by atoms with Gasteiger partial charge in [0.2, 0.25) is 0 Å². The van der Waals surface area contributed by atoms with Crippen LogP contribution in [0.2, 0.25) is 0 Å². The van der Waals surface area contributed by atoms with Gasteiger partial charge in [0.1, 0.15) is 5.69 Å². The largest absolute Gasteiger partial charge is 0.409 e. The number of rotatable bonds is 4. The van der Waals surface area contributed by atoms with E-state index < -0.39 is 0 Å². The minimum Gasteiger partial charge on any atom is -0.409 e. The van der Waals surface area contributed by atoms with Gasteiger partial charge in [-0.3, -0.25) is 4.79 Å². The van der Waals surface area contributed by atoms with Crippen LogP contribution in [0.1, 0.15) is 36.2 Å². The standard InChI is InChI=1S/C12H19N5O2/c1-16-6-10(14-8-16)12(18)17(7-11(13)15-19)9-4-2-3-5-9/h6,8-9,19H,2-5,7H2,1H3,(H2,13,15). The predicted octanol–water partition coefficient (Wildman–Crippen LogP) is 0.551. The molecule has 1 saturated carbocycles. The molecule has 0 aromatic carbocycles. The van der Waals surface area contributed by atoms with Crippen molar-refractivity contribution in [1.82, 2.24) is 14.5 Å². The SMILES string of the molecule is Cn1cnc(C(=O)N(CC(N)=NO)C2CCCC2)c1. The molecule has 1 aromatic heterocycles. The summed E-state index contributed by atoms with van der Waals surface area (Å²) in [6.45, 7) is 0.135. The lowest BCUT2D eigenvalue weighted by molar-refractivity contribution is 0.0707. The zero-order valence-corrected chi connectivity index (χ0v) is 11.0. The molecule has 0 radical (unpaired) electrons. The van der Waals surface area contributed by atoms with Crippen LogP contribution in [0.4, 0.5) is 0 Å². The fourth-order valence-corrected chi connectivity index (χ4v) is 2.46. The van der Waals surface area contributed by atoms with Crippen molar-refractivity contribution in [3.05, 3.63) is 18.2 Å². The molecule has 1 aliphatic rings. The van der Waals surface area contributed by atoms with Crippen molar-refractivity contribution in [3.8, 4) is 0 Å². The molecule has 1 fully saturated rings. The molecule has 0 saturated heterocycles. The number of nitrogens with two attached hydrogens (primary N) is 1. The van der Waals surface area contributed by atoms with E-state index in [0.717, 1.165) is 25.7 Å². The van der Waals surface area contributed by atoms with Gasteiger partial charge in [-0.15, -0.1) is 0 Å². The number of oxime groups is 1. The number of amidine groups is 1. The van der Waals surface area contributed by atoms with Crippen LogP contribution in [0.3, 0.4) is 0 Å². The van der Waals surface area contributed by atoms with Gasteiger partial charge in [0, 0.05) is 19.3 Å². The van der Waals surface area contributed by atoms with Gasteiger partial charge in [0.05, 0.1) is 12.9 Å². The molecule has 1 heterocycles. The first-order chi connectivity index (χ1) is 9.11. The van der Waals surface area contributed by atoms with E-state index in [1.807, 2.05) is 7.05 Å². The highest BCUT2D eigenvalue weighted by molar-refractivity contribution is 5.95. The molecule has 104 valence electrons. The highest BCUT2D eigenvalue weighted by atomic mass is 16.4. The molecule has 1 aliphatic carbocycles. The lowest BCUT2D eigenvalue weighted by atomic mass is 10.2. The number of amides is 1. The number of aryl methyl sites for hydroxylation is 1. The lowest BCUT2D eigenvalue weighted by Crippen LogP contribution is -2.44. The van der Waals surface area contributed by atoms with E-state index in [4.69, 9.17) is 10.9 Å². The normalized spacial score (nSPS) is 16.8. The maximum Gasteiger partial charge on any atom is 0.274 e. The Kier molecular flexibility index (Phi) is 4.03. The van der Waals surface area contributed by atoms with Crippen molar-refractivity contribution < 1.29 is 10.0 Å². The molecule has 0 aliphatic heterocycles. The molecular weight excluding hydrogens is 246 g/mol. The Morgan fingerprint density at radius 2 is 2.32 bits per heavy atom. The Morgan fingerprint density at radius 3 is 2.84 bits per heavy atom. The molecule has 1 amide bonds. The first-order valence-electron chi connectivity index (χ1n) is 6.37. The minimum atomic E-state index is -0.167. The van der Waals surface area contributed by atoms with Crippen molar-refractivity contribution in [2.45, 2.75) is 31.7 Å². The first-order valence-corrected chi connectivity index (χ1v) is 6.37. The molecule has 19 heavy (non-hydrogen) atoms. The Morgan fingerprint density at radius 1 is 1.63 bits per heavy atom. The molecular formula is C12H19N5O2. The summed E-state index contributed by atoms with van der Waals surface area (Å²) in [5, 5.41) is 11.6. The number of nitrogens with zero attached hydrogens (tertiary/aromatic N) is 4. The van der Waals surface area contributed by atoms with E-state index in [-0.39, 0.29) is 24.3 Å². The molecule has 0 bridgehead atoms. The number of hydrogen-bond acceptors (Lipinski definition) is 4. The predicted molar refractivity (Wildman–Crippen MR) is 69.9 cm³/mol. The van der Waals surface area contributed by atoms with Crippen LogP contribution in [0.15, 0.2) is 17.7 Å². The van der Waals surface area contributed by atoms with Crippen LogP contribution < -0.4 is 5.73 Å². The fourth-order valence-electron chi connectivity index (χ4n) is 2.46. The number of carbonyl (C=O) groups is 1. The van der Waals surface area contributed by atoms with Gasteiger partial charge in [-0.2, -0.15) is 0 Å². The molecule has 2 rings (SSSR count). The van der Waals surface area contributed by atoms with Gasteiger partial charge in [-0.05, 0) is 12.8 Å². The Hall–Kier alpha value is -2.05. The van der Waals surface area contributed by atoms with Gasteiger partial charge in [0.15, 0.2) is 5.84 Å². The summed E-state index contributed by atoms with van der Waals surface area (Å²) < 4.78 is 1.73. The summed E-state index contributed by atoms with van der Waals surface area (Å²) >= 11 is 0. The minimum absolute atomic E-state index is 0.0381. The quantitative estimate of drug-likeness (QED) is 0.359. The van der Waals surface area contributed by atoms with Crippen molar-refractivity contribution in [2.24, 2.45) is 17.9 Å². The smallest absolute Gasteiger partial charge is 0.274 e. The van der Waals surface area contributed by atoms with E-state index in [1.54, 1.807) is 22.0 Å². The van der Waals surface area contributed by atoms with Gasteiger partial charge in [-0.25, -0.2) is 4.98 Å². The van der Waals surface area contributed by atoms with Crippen LogP contribution in [0.25, 0.3) is 0 Å². The van der Waals surface area contributed by atoms with Crippen molar-refractivity contribution in [1.29, 1.82) is 0 Å². The Labute approximate surface area is 111 Å². The monoisotopic (exact) mass is 265 g/mol. The maximum absolute atomic E-state index is 12.5. The number of aromatic nitrogens is 2. The summed E-state index contributed by atoms with van der Waals surface area (Å²) in [5.74, 6) is -0.129. The van der Waals surface area contributed by atoms with Crippen LogP contribution in [0, 0.1) is 0 Å². The highest BCUT2D eigenvalue weighted by Crippen LogP contribution is 2.24. The van der Waals surface area contributed by atoms with Crippen molar-refractivity contribution in [3.63, 3.8) is 0 Å². The van der Waals surface area contributed by atoms with Crippen molar-refractivity contribution in [2.75, 3.05) is 6.54 Å². The third-order valence-corrected chi connectivity index (χ3v) is 3.41. The highest BCUT2D eigenvalue weighted by Gasteiger charge is 2.29. The molecule has 7 heteroatoms. The molecule has 0 unspecified atom stereocenters. The summed E-state index contributed by atoms with van der Waals surface area (Å²) in [6.07, 6.45) is 7.38. The zero-order valence-electron chi connectivity index (χ0n) is 11.0. The average molecular weight is 265 g/mol. The van der Waals surface area contributed by atoms with Gasteiger partial charge in [-0.1, -0.05) is 18.0 Å². The second kappa shape index (κ2) is 5.73. The Bertz CT molecular complexity index is 476. The summed E-state index contributed by atoms with van der Waals surface area (Å²) in [7, 11) is 1.81. The summed E-state index contributed by atoms with van der Waals surface area (Å²) in [4.78, 5) is 18.2. The van der Waals surface area contributed by atoms with Crippen molar-refractivity contribution >= 4 is 11.7 Å². The summed E-state index contributed by atoms with van der Waals surface area (Å²) in [6, 6.07) is 0.148. The molecule has 0 atom stereocenters. The number of imidazole rings is 1. The average Bonchev–Trinajstić information content (AvgIpc) is 3.05. The van der Waals surface area contributed by atoms with Crippen LogP contribution in [-0.2, 0) is 7.05 Å². The van der Waals surface area contributed by atoms with E-state index in [9.17, 15) is 4.79 Å². The van der Waals surface area contributed by atoms with E-state index >= 15 is 0 Å². The second-order valence-electron chi connectivity index (χ2n) is 4.89. The van der Waals surface area contributed by atoms with Gasteiger partial charge >= 0.3 is 0 Å². The van der Waals surface area contributed by atoms with E-state index in [2.05, 4.69) is 10.1 Å². The van der Waals surface area contributed by atoms with Crippen LogP contribution in [-0.4, -0.2) is 44.0 Å². The third-order valence-electron chi connectivity index (χ3n) is 3.41. The van der Waals surface area contributed by atoms with Crippen LogP contribution in [0.5, 0.6) is 0 Å². The molecule has 3 N–H and O–H groups in total. The fraction of sp³-hybridized carbons (Fsp3) is 0.583. The molecule has 7 nitrogen and oxygen atoms in total. The Balaban J connectivity index is 2.18. The first kappa shape index (κ1) is 13.4.